The van der Waals surface area contributed by atoms with Gasteiger partial charge in [-0.15, -0.1) is 0 Å². The van der Waals surface area contributed by atoms with Gasteiger partial charge in [-0.05, 0) is 62.6 Å². The second kappa shape index (κ2) is 6.83. The molecule has 2 aliphatic heterocycles. The molecule has 1 aliphatic carbocycles. The van der Waals surface area contributed by atoms with Crippen LogP contribution in [0.15, 0.2) is 24.4 Å². The summed E-state index contributed by atoms with van der Waals surface area (Å²) >= 11 is 0. The van der Waals surface area contributed by atoms with E-state index in [9.17, 15) is 4.79 Å². The van der Waals surface area contributed by atoms with Crippen LogP contribution in [0.2, 0.25) is 0 Å². The van der Waals surface area contributed by atoms with Crippen LogP contribution in [0, 0.1) is 11.3 Å². The van der Waals surface area contributed by atoms with Gasteiger partial charge in [0.15, 0.2) is 0 Å². The van der Waals surface area contributed by atoms with Gasteiger partial charge in [0.1, 0.15) is 0 Å². The first-order valence-electron chi connectivity index (χ1n) is 9.65. The van der Waals surface area contributed by atoms with Crippen molar-refractivity contribution in [3.63, 3.8) is 0 Å². The molecule has 1 amide bonds. The zero-order valence-corrected chi connectivity index (χ0v) is 14.6. The maximum Gasteiger partial charge on any atom is 0.225 e. The van der Waals surface area contributed by atoms with Crippen molar-refractivity contribution in [2.75, 3.05) is 26.2 Å². The van der Waals surface area contributed by atoms with Gasteiger partial charge < -0.3 is 4.90 Å². The van der Waals surface area contributed by atoms with Crippen LogP contribution in [0.5, 0.6) is 0 Å². The number of nitrogens with zero attached hydrogens (tertiary/aromatic N) is 3. The molecule has 0 atom stereocenters. The summed E-state index contributed by atoms with van der Waals surface area (Å²) < 4.78 is 0. The number of likely N-dealkylation sites (tertiary alicyclic amines) is 2. The average molecular weight is 327 g/mol. The molecule has 3 heterocycles. The Kier molecular flexibility index (Phi) is 4.57. The summed E-state index contributed by atoms with van der Waals surface area (Å²) in [6.45, 7) is 5.28. The average Bonchev–Trinajstić information content (AvgIpc) is 2.55. The predicted octanol–water partition coefficient (Wildman–Crippen LogP) is 3.09. The van der Waals surface area contributed by atoms with Crippen molar-refractivity contribution in [2.24, 2.45) is 11.3 Å². The summed E-state index contributed by atoms with van der Waals surface area (Å²) in [5, 5.41) is 0. The molecule has 1 saturated carbocycles. The lowest BCUT2D eigenvalue weighted by atomic mass is 9.72. The maximum atomic E-state index is 12.5. The van der Waals surface area contributed by atoms with E-state index in [4.69, 9.17) is 0 Å². The molecule has 130 valence electrons. The Morgan fingerprint density at radius 2 is 1.96 bits per heavy atom. The van der Waals surface area contributed by atoms with E-state index in [1.807, 2.05) is 12.3 Å². The Bertz CT molecular complexity index is 562. The van der Waals surface area contributed by atoms with Gasteiger partial charge in [0.25, 0.3) is 0 Å². The van der Waals surface area contributed by atoms with Gasteiger partial charge >= 0.3 is 0 Å². The number of hydrogen-bond donors (Lipinski definition) is 0. The van der Waals surface area contributed by atoms with Crippen LogP contribution in [-0.4, -0.2) is 46.9 Å². The Morgan fingerprint density at radius 3 is 2.62 bits per heavy atom. The second-order valence-electron chi connectivity index (χ2n) is 8.09. The van der Waals surface area contributed by atoms with E-state index in [-0.39, 0.29) is 0 Å². The zero-order valence-electron chi connectivity index (χ0n) is 14.6. The normalized spacial score (nSPS) is 24.8. The van der Waals surface area contributed by atoms with E-state index in [1.54, 1.807) is 0 Å². The van der Waals surface area contributed by atoms with Crippen LogP contribution in [-0.2, 0) is 11.3 Å². The third-order valence-electron chi connectivity index (χ3n) is 6.44. The summed E-state index contributed by atoms with van der Waals surface area (Å²) in [5.74, 6) is 0.795. The molecule has 4 heteroatoms. The molecular formula is C20H29N3O. The lowest BCUT2D eigenvalue weighted by molar-refractivity contribution is -0.141. The first-order valence-corrected chi connectivity index (χ1v) is 9.65. The van der Waals surface area contributed by atoms with Crippen LogP contribution >= 0.6 is 0 Å². The van der Waals surface area contributed by atoms with Crippen molar-refractivity contribution in [3.8, 4) is 0 Å². The highest BCUT2D eigenvalue weighted by Gasteiger charge is 2.40. The molecule has 1 spiro atoms. The van der Waals surface area contributed by atoms with Crippen molar-refractivity contribution in [1.29, 1.82) is 0 Å². The van der Waals surface area contributed by atoms with Gasteiger partial charge in [-0.25, -0.2) is 0 Å². The van der Waals surface area contributed by atoms with Crippen LogP contribution in [0.25, 0.3) is 0 Å². The molecule has 0 bridgehead atoms. The number of carbonyl (C=O) groups is 1. The number of carbonyl (C=O) groups excluding carboxylic acids is 1. The van der Waals surface area contributed by atoms with E-state index in [0.29, 0.717) is 17.2 Å². The lowest BCUT2D eigenvalue weighted by Gasteiger charge is -2.48. The van der Waals surface area contributed by atoms with Crippen LogP contribution < -0.4 is 0 Å². The minimum atomic E-state index is 0.353. The molecule has 1 aromatic rings. The largest absolute Gasteiger partial charge is 0.342 e. The Labute approximate surface area is 145 Å². The van der Waals surface area contributed by atoms with Crippen molar-refractivity contribution < 1.29 is 4.79 Å². The fourth-order valence-corrected chi connectivity index (χ4v) is 4.69. The van der Waals surface area contributed by atoms with Gasteiger partial charge in [-0.2, -0.15) is 0 Å². The summed E-state index contributed by atoms with van der Waals surface area (Å²) in [6, 6.07) is 6.18. The van der Waals surface area contributed by atoms with Crippen molar-refractivity contribution in [3.05, 3.63) is 30.1 Å². The van der Waals surface area contributed by atoms with Gasteiger partial charge in [-0.1, -0.05) is 12.5 Å². The Balaban J connectivity index is 1.33. The minimum Gasteiger partial charge on any atom is -0.342 e. The molecule has 4 nitrogen and oxygen atoms in total. The van der Waals surface area contributed by atoms with Crippen molar-refractivity contribution in [2.45, 2.75) is 51.5 Å². The van der Waals surface area contributed by atoms with Crippen molar-refractivity contribution in [1.82, 2.24) is 14.8 Å². The molecular weight excluding hydrogens is 298 g/mol. The maximum absolute atomic E-state index is 12.5. The summed E-state index contributed by atoms with van der Waals surface area (Å²) in [6.07, 6.45) is 10.4. The van der Waals surface area contributed by atoms with Gasteiger partial charge in [0.2, 0.25) is 5.91 Å². The second-order valence-corrected chi connectivity index (χ2v) is 8.09. The lowest BCUT2D eigenvalue weighted by Crippen LogP contribution is -2.51. The van der Waals surface area contributed by atoms with E-state index in [0.717, 1.165) is 32.5 Å². The van der Waals surface area contributed by atoms with E-state index in [1.165, 1.54) is 50.9 Å². The highest BCUT2D eigenvalue weighted by Crippen LogP contribution is 2.41. The third kappa shape index (κ3) is 3.34. The van der Waals surface area contributed by atoms with E-state index < -0.39 is 0 Å². The highest BCUT2D eigenvalue weighted by molar-refractivity contribution is 5.79. The molecule has 0 N–H and O–H groups in total. The molecule has 24 heavy (non-hydrogen) atoms. The molecule has 0 unspecified atom stereocenters. The van der Waals surface area contributed by atoms with E-state index in [2.05, 4.69) is 26.9 Å². The third-order valence-corrected chi connectivity index (χ3v) is 6.44. The standard InChI is InChI=1S/C20H29N3O/c24-19(17-5-3-6-17)23-13-9-20(10-14-23)8-4-12-22(16-20)15-18-7-1-2-11-21-18/h1-2,7,11,17H,3-6,8-10,12-16H2. The predicted molar refractivity (Wildman–Crippen MR) is 94.3 cm³/mol. The minimum absolute atomic E-state index is 0.353. The van der Waals surface area contributed by atoms with Gasteiger partial charge in [0.05, 0.1) is 5.69 Å². The fraction of sp³-hybridized carbons (Fsp3) is 0.700. The number of pyridine rings is 1. The fourth-order valence-electron chi connectivity index (χ4n) is 4.69. The quantitative estimate of drug-likeness (QED) is 0.856. The number of rotatable bonds is 3. The zero-order chi connectivity index (χ0) is 16.4. The van der Waals surface area contributed by atoms with Crippen molar-refractivity contribution >= 4 is 5.91 Å². The highest BCUT2D eigenvalue weighted by atomic mass is 16.2. The monoisotopic (exact) mass is 327 g/mol. The smallest absolute Gasteiger partial charge is 0.225 e. The molecule has 3 aliphatic rings. The van der Waals surface area contributed by atoms with Crippen LogP contribution in [0.4, 0.5) is 0 Å². The topological polar surface area (TPSA) is 36.4 Å². The molecule has 0 radical (unpaired) electrons. The summed E-state index contributed by atoms with van der Waals surface area (Å²) in [5.41, 5.74) is 1.61. The van der Waals surface area contributed by atoms with E-state index >= 15 is 0 Å². The SMILES string of the molecule is O=C(C1CCC1)N1CCC2(CCCN(Cc3ccccn3)C2)CC1. The summed E-state index contributed by atoms with van der Waals surface area (Å²) in [7, 11) is 0. The Morgan fingerprint density at radius 1 is 1.12 bits per heavy atom. The van der Waals surface area contributed by atoms with Crippen LogP contribution in [0.1, 0.15) is 50.6 Å². The molecule has 3 fully saturated rings. The Hall–Kier alpha value is -1.42. The van der Waals surface area contributed by atoms with Gasteiger partial charge in [0, 0.05) is 38.3 Å². The summed E-state index contributed by atoms with van der Waals surface area (Å²) in [4.78, 5) is 21.7. The number of hydrogen-bond acceptors (Lipinski definition) is 3. The number of amides is 1. The first-order chi connectivity index (χ1) is 11.7. The van der Waals surface area contributed by atoms with Gasteiger partial charge in [-0.3, -0.25) is 14.7 Å². The number of aromatic nitrogens is 1. The number of piperidine rings is 2. The van der Waals surface area contributed by atoms with Crippen LogP contribution in [0.3, 0.4) is 0 Å². The first kappa shape index (κ1) is 16.1. The molecule has 1 aromatic heterocycles. The molecule has 2 saturated heterocycles. The molecule has 0 aromatic carbocycles. The molecule has 4 rings (SSSR count).